The molecular formula is C9H10BrN2O5+. The number of carbonyl (C=O) groups excluding carboxylic acids is 2. The third-order valence-corrected chi connectivity index (χ3v) is 3.66. The van der Waals surface area contributed by atoms with Gasteiger partial charge >= 0.3 is 17.8 Å². The quantitative estimate of drug-likeness (QED) is 0.508. The van der Waals surface area contributed by atoms with Crippen molar-refractivity contribution in [3.05, 3.63) is 0 Å². The predicted molar refractivity (Wildman–Crippen MR) is 56.5 cm³/mol. The summed E-state index contributed by atoms with van der Waals surface area (Å²) in [5.74, 6) is -1.84. The Labute approximate surface area is 105 Å². The minimum Gasteiger partial charge on any atom is -0.386 e. The number of carbonyl (C=O) groups is 2. The number of rotatable bonds is 1. The minimum absolute atomic E-state index is 0.319. The predicted octanol–water partition coefficient (Wildman–Crippen LogP) is -0.782. The smallest absolute Gasteiger partial charge is 0.386 e. The maximum atomic E-state index is 12.0. The second kappa shape index (κ2) is 3.58. The normalized spacial score (nSPS) is 40.4. The van der Waals surface area contributed by atoms with Gasteiger partial charge in [-0.2, -0.15) is 4.79 Å². The Bertz CT molecular complexity index is 439. The molecule has 3 aliphatic heterocycles. The van der Waals surface area contributed by atoms with Gasteiger partial charge in [0.05, 0.1) is 6.61 Å². The van der Waals surface area contributed by atoms with Crippen LogP contribution in [0, 0.1) is 0 Å². The molecule has 0 spiro atoms. The van der Waals surface area contributed by atoms with E-state index in [0.29, 0.717) is 13.0 Å². The minimum atomic E-state index is -1.48. The highest BCUT2D eigenvalue weighted by Crippen LogP contribution is 2.34. The molecular weight excluding hydrogens is 296 g/mol. The number of imide groups is 1. The molecule has 92 valence electrons. The lowest BCUT2D eigenvalue weighted by Gasteiger charge is -2.44. The van der Waals surface area contributed by atoms with Crippen LogP contribution in [0.2, 0.25) is 0 Å². The van der Waals surface area contributed by atoms with Crippen LogP contribution in [0.25, 0.3) is 0 Å². The average molecular weight is 306 g/mol. The van der Waals surface area contributed by atoms with Crippen molar-refractivity contribution in [1.82, 2.24) is 4.90 Å². The summed E-state index contributed by atoms with van der Waals surface area (Å²) in [6.45, 7) is -0.160. The number of urea groups is 1. The fourth-order valence-corrected chi connectivity index (χ4v) is 2.67. The highest BCUT2D eigenvalue weighted by atomic mass is 79.9. The van der Waals surface area contributed by atoms with E-state index in [0.717, 1.165) is 9.48 Å². The number of fused-ring (bicyclic) bond motifs is 6. The van der Waals surface area contributed by atoms with Crippen LogP contribution in [0.3, 0.4) is 0 Å². The van der Waals surface area contributed by atoms with Gasteiger partial charge in [0.1, 0.15) is 12.8 Å². The van der Waals surface area contributed by atoms with E-state index >= 15 is 0 Å². The number of aliphatic hydroxyl groups excluding tert-OH is 1. The Balaban J connectivity index is 2.15. The van der Waals surface area contributed by atoms with Gasteiger partial charge in [-0.05, 0) is 0 Å². The van der Waals surface area contributed by atoms with Crippen LogP contribution in [0.1, 0.15) is 6.42 Å². The first-order valence-corrected chi connectivity index (χ1v) is 6.09. The van der Waals surface area contributed by atoms with Gasteiger partial charge in [-0.3, -0.25) is 4.74 Å². The summed E-state index contributed by atoms with van der Waals surface area (Å²) in [6.07, 6.45) is 1.10. The summed E-state index contributed by atoms with van der Waals surface area (Å²) in [7, 11) is 0. The second-order valence-corrected chi connectivity index (χ2v) is 4.98. The van der Waals surface area contributed by atoms with E-state index in [1.807, 2.05) is 0 Å². The fraction of sp³-hybridized carbons (Fsp3) is 0.667. The molecule has 2 saturated heterocycles. The lowest BCUT2D eigenvalue weighted by atomic mass is 10.2. The lowest BCUT2D eigenvalue weighted by Crippen LogP contribution is -2.73. The Kier molecular flexibility index (Phi) is 2.37. The molecule has 3 atom stereocenters. The molecule has 0 radical (unpaired) electrons. The van der Waals surface area contributed by atoms with Crippen molar-refractivity contribution in [3.63, 3.8) is 0 Å². The fourth-order valence-electron chi connectivity index (χ4n) is 2.22. The second-order valence-electron chi connectivity index (χ2n) is 3.99. The zero-order chi connectivity index (χ0) is 12.2. The number of alkyl halides is 1. The number of aliphatic hydroxyl groups is 1. The zero-order valence-electron chi connectivity index (χ0n) is 8.71. The SMILES string of the molecule is O=C1C(Br)C=[N+]2C(=O)N1C1CCOC2(CO)O1. The largest absolute Gasteiger partial charge is 0.507 e. The van der Waals surface area contributed by atoms with Crippen LogP contribution >= 0.6 is 15.9 Å². The molecule has 0 aromatic heterocycles. The van der Waals surface area contributed by atoms with Gasteiger partial charge in [0, 0.05) is 6.42 Å². The van der Waals surface area contributed by atoms with Gasteiger partial charge in [0.15, 0.2) is 4.83 Å². The van der Waals surface area contributed by atoms with Gasteiger partial charge in [0.2, 0.25) is 6.23 Å². The molecule has 0 aromatic rings. The van der Waals surface area contributed by atoms with Gasteiger partial charge in [-0.15, -0.1) is 9.48 Å². The Hall–Kier alpha value is -0.830. The van der Waals surface area contributed by atoms with Crippen LogP contribution in [-0.2, 0) is 14.3 Å². The molecule has 3 rings (SSSR count). The molecule has 4 bridgehead atoms. The molecule has 0 aromatic carbocycles. The average Bonchev–Trinajstić information content (AvgIpc) is 2.33. The van der Waals surface area contributed by atoms with Crippen LogP contribution in [-0.4, -0.2) is 62.9 Å². The lowest BCUT2D eigenvalue weighted by molar-refractivity contribution is -0.694. The van der Waals surface area contributed by atoms with E-state index in [9.17, 15) is 14.7 Å². The third-order valence-electron chi connectivity index (χ3n) is 3.03. The maximum Gasteiger partial charge on any atom is 0.507 e. The summed E-state index contributed by atoms with van der Waals surface area (Å²) in [5, 5.41) is 9.39. The number of hydrogen-bond donors (Lipinski definition) is 1. The van der Waals surface area contributed by atoms with E-state index in [-0.39, 0.29) is 5.91 Å². The van der Waals surface area contributed by atoms with Crippen LogP contribution < -0.4 is 0 Å². The molecule has 0 aliphatic carbocycles. The Morgan fingerprint density at radius 2 is 2.41 bits per heavy atom. The van der Waals surface area contributed by atoms with Gasteiger partial charge < -0.3 is 9.84 Å². The molecule has 17 heavy (non-hydrogen) atoms. The van der Waals surface area contributed by atoms with Gasteiger partial charge in [-0.25, -0.2) is 4.79 Å². The molecule has 8 heteroatoms. The maximum absolute atomic E-state index is 12.0. The monoisotopic (exact) mass is 305 g/mol. The van der Waals surface area contributed by atoms with Crippen molar-refractivity contribution in [2.75, 3.05) is 13.2 Å². The highest BCUT2D eigenvalue weighted by molar-refractivity contribution is 9.10. The molecule has 3 heterocycles. The van der Waals surface area contributed by atoms with E-state index in [1.165, 1.54) is 6.21 Å². The molecule has 2 fully saturated rings. The third kappa shape index (κ3) is 1.35. The zero-order valence-corrected chi connectivity index (χ0v) is 10.3. The van der Waals surface area contributed by atoms with Crippen molar-refractivity contribution in [1.29, 1.82) is 0 Å². The number of amides is 3. The first-order chi connectivity index (χ1) is 8.09. The molecule has 1 N–H and O–H groups in total. The van der Waals surface area contributed by atoms with Crippen molar-refractivity contribution in [2.45, 2.75) is 23.4 Å². The topological polar surface area (TPSA) is 79.1 Å². The van der Waals surface area contributed by atoms with Crippen molar-refractivity contribution >= 4 is 34.1 Å². The van der Waals surface area contributed by atoms with E-state index in [2.05, 4.69) is 15.9 Å². The van der Waals surface area contributed by atoms with Crippen LogP contribution in [0.5, 0.6) is 0 Å². The standard InChI is InChI=1S/C9H10BrN2O5/c10-5-3-11-8(15)12(7(5)14)6-1-2-16-9(11,4-13)17-6/h3,5-6,13H,1-2,4H2/q+1. The number of hydrogen-bond acceptors (Lipinski definition) is 5. The molecule has 3 unspecified atom stereocenters. The Morgan fingerprint density at radius 1 is 1.65 bits per heavy atom. The Morgan fingerprint density at radius 3 is 3.12 bits per heavy atom. The number of halogens is 1. The molecule has 3 aliphatic rings. The summed E-state index contributed by atoms with van der Waals surface area (Å²) in [5.41, 5.74) is 0. The molecule has 3 amide bonds. The summed E-state index contributed by atoms with van der Waals surface area (Å²) in [6, 6.07) is -0.518. The van der Waals surface area contributed by atoms with Crippen LogP contribution in [0.15, 0.2) is 0 Å². The summed E-state index contributed by atoms with van der Waals surface area (Å²) >= 11 is 3.16. The van der Waals surface area contributed by atoms with E-state index < -0.39 is 29.6 Å². The summed E-state index contributed by atoms with van der Waals surface area (Å²) < 4.78 is 12.0. The molecule has 0 saturated carbocycles. The van der Waals surface area contributed by atoms with Crippen LogP contribution in [0.4, 0.5) is 4.79 Å². The van der Waals surface area contributed by atoms with E-state index in [4.69, 9.17) is 9.47 Å². The molecule has 7 nitrogen and oxygen atoms in total. The van der Waals surface area contributed by atoms with Gasteiger partial charge in [-0.1, -0.05) is 15.9 Å². The summed E-state index contributed by atoms with van der Waals surface area (Å²) in [4.78, 5) is 24.4. The van der Waals surface area contributed by atoms with Crippen molar-refractivity contribution in [3.8, 4) is 0 Å². The first-order valence-electron chi connectivity index (χ1n) is 5.17. The first kappa shape index (κ1) is 11.3. The van der Waals surface area contributed by atoms with E-state index in [1.54, 1.807) is 0 Å². The van der Waals surface area contributed by atoms with Crippen molar-refractivity contribution < 1.29 is 28.7 Å². The number of nitrogens with zero attached hydrogens (tertiary/aromatic N) is 2. The van der Waals surface area contributed by atoms with Crippen molar-refractivity contribution in [2.24, 2.45) is 0 Å². The highest BCUT2D eigenvalue weighted by Gasteiger charge is 2.63. The van der Waals surface area contributed by atoms with Gasteiger partial charge in [0.25, 0.3) is 0 Å². The number of ether oxygens (including phenoxy) is 2.